The monoisotopic (exact) mass is 234 g/mol. The maximum atomic E-state index is 6.10. The molecule has 0 aliphatic heterocycles. The number of nitrogens with two attached hydrogens (primary N) is 1. The van der Waals surface area contributed by atoms with Crippen LogP contribution < -0.4 is 5.73 Å². The van der Waals surface area contributed by atoms with Gasteiger partial charge in [0.15, 0.2) is 5.82 Å². The lowest BCUT2D eigenvalue weighted by Gasteiger charge is -2.02. The molecule has 0 amide bonds. The lowest BCUT2D eigenvalue weighted by molar-refractivity contribution is 0.619. The molecule has 16 heavy (non-hydrogen) atoms. The summed E-state index contributed by atoms with van der Waals surface area (Å²) < 4.78 is 1.79. The Labute approximate surface area is 98.0 Å². The zero-order valence-electron chi connectivity index (χ0n) is 8.60. The van der Waals surface area contributed by atoms with Crippen LogP contribution in [0.15, 0.2) is 24.3 Å². The molecule has 82 valence electrons. The first-order valence-electron chi connectivity index (χ1n) is 5.23. The van der Waals surface area contributed by atoms with Crippen molar-refractivity contribution in [2.75, 3.05) is 5.73 Å². The summed E-state index contributed by atoms with van der Waals surface area (Å²) in [6.07, 6.45) is 2.27. The molecule has 0 radical (unpaired) electrons. The standard InChI is InChI=1S/C11H11ClN4/c12-9-4-2-1-3-8(9)10-11(13)16(15-14-10)7-5-6-7/h1-4,7H,5-6,13H2. The van der Waals surface area contributed by atoms with Gasteiger partial charge in [-0.25, -0.2) is 4.68 Å². The molecule has 0 bridgehead atoms. The van der Waals surface area contributed by atoms with E-state index in [0.717, 1.165) is 18.4 Å². The van der Waals surface area contributed by atoms with Crippen LogP contribution in [0, 0.1) is 0 Å². The summed E-state index contributed by atoms with van der Waals surface area (Å²) in [4.78, 5) is 0. The first-order valence-corrected chi connectivity index (χ1v) is 5.60. The second kappa shape index (κ2) is 3.49. The number of hydrogen-bond acceptors (Lipinski definition) is 3. The topological polar surface area (TPSA) is 56.7 Å². The molecule has 1 aromatic heterocycles. The maximum absolute atomic E-state index is 6.10. The average Bonchev–Trinajstić information content (AvgIpc) is 3.05. The van der Waals surface area contributed by atoms with Gasteiger partial charge in [0, 0.05) is 5.56 Å². The van der Waals surface area contributed by atoms with Gasteiger partial charge in [0.1, 0.15) is 5.69 Å². The maximum Gasteiger partial charge on any atom is 0.150 e. The third-order valence-electron chi connectivity index (χ3n) is 2.75. The fourth-order valence-electron chi connectivity index (χ4n) is 1.73. The second-order valence-corrected chi connectivity index (χ2v) is 4.39. The van der Waals surface area contributed by atoms with E-state index < -0.39 is 0 Å². The highest BCUT2D eigenvalue weighted by molar-refractivity contribution is 6.33. The molecule has 1 saturated carbocycles. The molecule has 1 aliphatic rings. The summed E-state index contributed by atoms with van der Waals surface area (Å²) in [7, 11) is 0. The van der Waals surface area contributed by atoms with Crippen LogP contribution in [0.4, 0.5) is 5.82 Å². The summed E-state index contributed by atoms with van der Waals surface area (Å²) >= 11 is 6.10. The Hall–Kier alpha value is -1.55. The fraction of sp³-hybridized carbons (Fsp3) is 0.273. The molecule has 0 unspecified atom stereocenters. The van der Waals surface area contributed by atoms with Crippen molar-refractivity contribution in [2.24, 2.45) is 0 Å². The number of nitrogens with zero attached hydrogens (tertiary/aromatic N) is 3. The minimum absolute atomic E-state index is 0.434. The minimum atomic E-state index is 0.434. The number of aromatic nitrogens is 3. The number of hydrogen-bond donors (Lipinski definition) is 1. The van der Waals surface area contributed by atoms with E-state index in [2.05, 4.69) is 10.3 Å². The summed E-state index contributed by atoms with van der Waals surface area (Å²) in [6.45, 7) is 0. The normalized spacial score (nSPS) is 15.3. The number of halogens is 1. The number of nitrogen functional groups attached to an aromatic ring is 1. The van der Waals surface area contributed by atoms with Crippen LogP contribution in [-0.4, -0.2) is 15.0 Å². The Morgan fingerprint density at radius 1 is 1.31 bits per heavy atom. The molecule has 0 spiro atoms. The van der Waals surface area contributed by atoms with Crippen LogP contribution in [0.3, 0.4) is 0 Å². The molecule has 3 rings (SSSR count). The quantitative estimate of drug-likeness (QED) is 0.869. The van der Waals surface area contributed by atoms with Gasteiger partial charge in [-0.15, -0.1) is 5.10 Å². The third kappa shape index (κ3) is 1.46. The van der Waals surface area contributed by atoms with Crippen LogP contribution >= 0.6 is 11.6 Å². The van der Waals surface area contributed by atoms with Gasteiger partial charge >= 0.3 is 0 Å². The Kier molecular flexibility index (Phi) is 2.11. The highest BCUT2D eigenvalue weighted by Crippen LogP contribution is 2.38. The van der Waals surface area contributed by atoms with Crippen LogP contribution in [-0.2, 0) is 0 Å². The van der Waals surface area contributed by atoms with Gasteiger partial charge in [-0.2, -0.15) is 0 Å². The molecule has 1 heterocycles. The first-order chi connectivity index (χ1) is 7.77. The van der Waals surface area contributed by atoms with Crippen molar-refractivity contribution < 1.29 is 0 Å². The largest absolute Gasteiger partial charge is 0.382 e. The lowest BCUT2D eigenvalue weighted by Crippen LogP contribution is -2.02. The van der Waals surface area contributed by atoms with Crippen molar-refractivity contribution in [1.82, 2.24) is 15.0 Å². The molecule has 1 fully saturated rings. The zero-order valence-corrected chi connectivity index (χ0v) is 9.35. The number of anilines is 1. The summed E-state index contributed by atoms with van der Waals surface area (Å²) in [6, 6.07) is 7.96. The van der Waals surface area contributed by atoms with Crippen molar-refractivity contribution in [3.8, 4) is 11.3 Å². The predicted octanol–water partition coefficient (Wildman–Crippen LogP) is 2.52. The van der Waals surface area contributed by atoms with E-state index in [-0.39, 0.29) is 0 Å². The van der Waals surface area contributed by atoms with Gasteiger partial charge in [0.05, 0.1) is 11.1 Å². The molecule has 1 aromatic carbocycles. The Morgan fingerprint density at radius 3 is 2.75 bits per heavy atom. The van der Waals surface area contributed by atoms with Gasteiger partial charge in [0.25, 0.3) is 0 Å². The molecule has 0 atom stereocenters. The molecule has 5 heteroatoms. The Morgan fingerprint density at radius 2 is 2.06 bits per heavy atom. The first kappa shape index (κ1) is 9.66. The minimum Gasteiger partial charge on any atom is -0.382 e. The van der Waals surface area contributed by atoms with Gasteiger partial charge in [0.2, 0.25) is 0 Å². The van der Waals surface area contributed by atoms with Crippen LogP contribution in [0.25, 0.3) is 11.3 Å². The van der Waals surface area contributed by atoms with E-state index in [1.807, 2.05) is 24.3 Å². The van der Waals surface area contributed by atoms with Gasteiger partial charge in [-0.1, -0.05) is 35.0 Å². The van der Waals surface area contributed by atoms with Crippen LogP contribution in [0.1, 0.15) is 18.9 Å². The van der Waals surface area contributed by atoms with Gasteiger partial charge in [-0.05, 0) is 18.9 Å². The molecule has 2 aromatic rings. The molecular formula is C11H11ClN4. The molecular weight excluding hydrogens is 224 g/mol. The average molecular weight is 235 g/mol. The van der Waals surface area contributed by atoms with E-state index in [9.17, 15) is 0 Å². The molecule has 4 nitrogen and oxygen atoms in total. The number of rotatable bonds is 2. The predicted molar refractivity (Wildman–Crippen MR) is 63.2 cm³/mol. The van der Waals surface area contributed by atoms with E-state index >= 15 is 0 Å². The van der Waals surface area contributed by atoms with E-state index in [4.69, 9.17) is 17.3 Å². The Balaban J connectivity index is 2.10. The Bertz CT molecular complexity index is 531. The van der Waals surface area contributed by atoms with Crippen molar-refractivity contribution in [3.63, 3.8) is 0 Å². The smallest absolute Gasteiger partial charge is 0.150 e. The van der Waals surface area contributed by atoms with Crippen molar-refractivity contribution >= 4 is 17.4 Å². The van der Waals surface area contributed by atoms with E-state index in [0.29, 0.717) is 22.6 Å². The zero-order chi connectivity index (χ0) is 11.1. The molecule has 0 saturated heterocycles. The third-order valence-corrected chi connectivity index (χ3v) is 3.08. The van der Waals surface area contributed by atoms with Crippen molar-refractivity contribution in [1.29, 1.82) is 0 Å². The van der Waals surface area contributed by atoms with E-state index in [1.165, 1.54) is 0 Å². The number of benzene rings is 1. The van der Waals surface area contributed by atoms with Gasteiger partial charge in [-0.3, -0.25) is 0 Å². The SMILES string of the molecule is Nc1c(-c2ccccc2Cl)nnn1C1CC1. The van der Waals surface area contributed by atoms with Crippen molar-refractivity contribution in [2.45, 2.75) is 18.9 Å². The molecule has 2 N–H and O–H groups in total. The second-order valence-electron chi connectivity index (χ2n) is 3.98. The van der Waals surface area contributed by atoms with Crippen molar-refractivity contribution in [3.05, 3.63) is 29.3 Å². The van der Waals surface area contributed by atoms with Crippen LogP contribution in [0.2, 0.25) is 5.02 Å². The fourth-order valence-corrected chi connectivity index (χ4v) is 1.96. The van der Waals surface area contributed by atoms with Gasteiger partial charge < -0.3 is 5.73 Å². The highest BCUT2D eigenvalue weighted by Gasteiger charge is 2.28. The summed E-state index contributed by atoms with van der Waals surface area (Å²) in [5.41, 5.74) is 7.54. The summed E-state index contributed by atoms with van der Waals surface area (Å²) in [5.74, 6) is 0.607. The summed E-state index contributed by atoms with van der Waals surface area (Å²) in [5, 5.41) is 8.84. The highest BCUT2D eigenvalue weighted by atomic mass is 35.5. The lowest BCUT2D eigenvalue weighted by atomic mass is 10.1. The molecule has 1 aliphatic carbocycles. The van der Waals surface area contributed by atoms with Crippen LogP contribution in [0.5, 0.6) is 0 Å². The van der Waals surface area contributed by atoms with E-state index in [1.54, 1.807) is 4.68 Å².